The molecule has 0 radical (unpaired) electrons. The summed E-state index contributed by atoms with van der Waals surface area (Å²) in [5.41, 5.74) is 1.64. The summed E-state index contributed by atoms with van der Waals surface area (Å²) in [5.74, 6) is -0.429. The molecule has 1 aliphatic rings. The number of hydrogen-bond donors (Lipinski definition) is 0. The van der Waals surface area contributed by atoms with Gasteiger partial charge in [-0.1, -0.05) is 23.2 Å². The number of nitrogens with zero attached hydrogens (tertiary/aromatic N) is 2. The lowest BCUT2D eigenvalue weighted by atomic mass is 10.1. The summed E-state index contributed by atoms with van der Waals surface area (Å²) in [7, 11) is 0. The average molecular weight is 261 g/mol. The highest BCUT2D eigenvalue weighted by atomic mass is 35.5. The van der Waals surface area contributed by atoms with E-state index in [0.717, 1.165) is 11.1 Å². The summed E-state index contributed by atoms with van der Waals surface area (Å²) in [4.78, 5) is 11.6. The summed E-state index contributed by atoms with van der Waals surface area (Å²) < 4.78 is 4.97. The molecular weight excluding hydrogens is 251 g/mol. The Morgan fingerprint density at radius 2 is 1.81 bits per heavy atom. The number of halogens is 2. The molecule has 0 N–H and O–H groups in total. The molecule has 1 aromatic rings. The van der Waals surface area contributed by atoms with Gasteiger partial charge >= 0.3 is 5.97 Å². The second-order valence-corrected chi connectivity index (χ2v) is 4.31. The lowest BCUT2D eigenvalue weighted by Gasteiger charge is -2.06. The molecule has 2 rings (SSSR count). The van der Waals surface area contributed by atoms with E-state index in [9.17, 15) is 4.79 Å². The minimum absolute atomic E-state index is 0.212. The van der Waals surface area contributed by atoms with E-state index in [-0.39, 0.29) is 11.9 Å². The maximum Gasteiger partial charge on any atom is 0.309 e. The van der Waals surface area contributed by atoms with Crippen molar-refractivity contribution in [3.63, 3.8) is 0 Å². The number of carbonyl (C=O) groups is 1. The summed E-state index contributed by atoms with van der Waals surface area (Å²) in [6, 6.07) is 0. The van der Waals surface area contributed by atoms with Gasteiger partial charge in [-0.3, -0.25) is 4.79 Å². The van der Waals surface area contributed by atoms with Crippen LogP contribution in [0.2, 0.25) is 10.3 Å². The van der Waals surface area contributed by atoms with Crippen molar-refractivity contribution < 1.29 is 9.53 Å². The minimum Gasteiger partial charge on any atom is -0.466 e. The molecule has 0 fully saturated rings. The van der Waals surface area contributed by atoms with Crippen LogP contribution in [0, 0.1) is 5.92 Å². The van der Waals surface area contributed by atoms with Crippen molar-refractivity contribution >= 4 is 29.2 Å². The smallest absolute Gasteiger partial charge is 0.309 e. The zero-order valence-electron chi connectivity index (χ0n) is 8.67. The summed E-state index contributed by atoms with van der Waals surface area (Å²) in [6.45, 7) is 2.16. The Bertz CT molecular complexity index is 406. The number of esters is 1. The molecule has 0 amide bonds. The van der Waals surface area contributed by atoms with E-state index in [0.29, 0.717) is 29.8 Å². The van der Waals surface area contributed by atoms with Crippen LogP contribution in [0.1, 0.15) is 18.1 Å². The summed E-state index contributed by atoms with van der Waals surface area (Å²) in [6.07, 6.45) is 1.06. The molecule has 0 saturated heterocycles. The van der Waals surface area contributed by atoms with Crippen LogP contribution < -0.4 is 0 Å². The monoisotopic (exact) mass is 260 g/mol. The maximum atomic E-state index is 11.6. The average Bonchev–Trinajstić information content (AvgIpc) is 2.70. The molecule has 0 aromatic carbocycles. The largest absolute Gasteiger partial charge is 0.466 e. The Morgan fingerprint density at radius 1 is 1.31 bits per heavy atom. The van der Waals surface area contributed by atoms with Crippen LogP contribution in [0.5, 0.6) is 0 Å². The molecule has 0 aliphatic heterocycles. The van der Waals surface area contributed by atoms with Gasteiger partial charge in [0.2, 0.25) is 0 Å². The molecule has 6 heteroatoms. The van der Waals surface area contributed by atoms with E-state index in [2.05, 4.69) is 10.2 Å². The zero-order chi connectivity index (χ0) is 11.7. The molecular formula is C10H10Cl2N2O2. The molecule has 0 saturated carbocycles. The Balaban J connectivity index is 2.24. The van der Waals surface area contributed by atoms with Gasteiger partial charge in [0.05, 0.1) is 12.5 Å². The fourth-order valence-electron chi connectivity index (χ4n) is 1.86. The summed E-state index contributed by atoms with van der Waals surface area (Å²) in [5, 5.41) is 8.09. The number of hydrogen-bond acceptors (Lipinski definition) is 4. The van der Waals surface area contributed by atoms with Crippen molar-refractivity contribution in [1.82, 2.24) is 10.2 Å². The second-order valence-electron chi connectivity index (χ2n) is 3.60. The third kappa shape index (κ3) is 1.99. The summed E-state index contributed by atoms with van der Waals surface area (Å²) >= 11 is 11.8. The predicted molar refractivity (Wildman–Crippen MR) is 59.6 cm³/mol. The van der Waals surface area contributed by atoms with Crippen molar-refractivity contribution in [3.8, 4) is 0 Å². The Kier molecular flexibility index (Phi) is 3.30. The minimum atomic E-state index is -0.217. The van der Waals surface area contributed by atoms with Gasteiger partial charge in [-0.2, -0.15) is 0 Å². The topological polar surface area (TPSA) is 52.1 Å². The molecule has 86 valence electrons. The van der Waals surface area contributed by atoms with Crippen molar-refractivity contribution in [2.45, 2.75) is 19.8 Å². The molecule has 16 heavy (non-hydrogen) atoms. The predicted octanol–water partition coefficient (Wildman–Crippen LogP) is 2.06. The third-order valence-corrected chi connectivity index (χ3v) is 3.22. The van der Waals surface area contributed by atoms with Crippen LogP contribution >= 0.6 is 23.2 Å². The van der Waals surface area contributed by atoms with E-state index < -0.39 is 0 Å². The van der Waals surface area contributed by atoms with Gasteiger partial charge in [-0.05, 0) is 30.9 Å². The molecule has 0 spiro atoms. The second kappa shape index (κ2) is 4.55. The van der Waals surface area contributed by atoms with Crippen LogP contribution in [-0.2, 0) is 22.4 Å². The Labute approximate surface area is 103 Å². The van der Waals surface area contributed by atoms with E-state index in [4.69, 9.17) is 27.9 Å². The number of rotatable bonds is 2. The molecule has 0 bridgehead atoms. The number of carbonyl (C=O) groups excluding carboxylic acids is 1. The van der Waals surface area contributed by atoms with Crippen LogP contribution in [0.3, 0.4) is 0 Å². The fourth-order valence-corrected chi connectivity index (χ4v) is 2.32. The van der Waals surface area contributed by atoms with Gasteiger partial charge in [-0.15, -0.1) is 10.2 Å². The van der Waals surface area contributed by atoms with Crippen molar-refractivity contribution in [1.29, 1.82) is 0 Å². The number of aromatic nitrogens is 2. The van der Waals surface area contributed by atoms with E-state index in [1.807, 2.05) is 0 Å². The van der Waals surface area contributed by atoms with Gasteiger partial charge < -0.3 is 4.74 Å². The Morgan fingerprint density at radius 3 is 2.25 bits per heavy atom. The highest BCUT2D eigenvalue weighted by Crippen LogP contribution is 2.34. The fraction of sp³-hybridized carbons (Fsp3) is 0.500. The normalized spacial score (nSPS) is 14.9. The zero-order valence-corrected chi connectivity index (χ0v) is 10.2. The van der Waals surface area contributed by atoms with Crippen LogP contribution in [0.25, 0.3) is 0 Å². The quantitative estimate of drug-likeness (QED) is 0.764. The van der Waals surface area contributed by atoms with Crippen LogP contribution in [0.15, 0.2) is 0 Å². The number of fused-ring (bicyclic) bond motifs is 1. The highest BCUT2D eigenvalue weighted by molar-refractivity contribution is 6.32. The van der Waals surface area contributed by atoms with Crippen LogP contribution in [0.4, 0.5) is 0 Å². The van der Waals surface area contributed by atoms with Gasteiger partial charge in [0.25, 0.3) is 0 Å². The van der Waals surface area contributed by atoms with Crippen LogP contribution in [-0.4, -0.2) is 22.8 Å². The standard InChI is InChI=1S/C10H10Cl2N2O2/c1-2-16-10(15)5-3-6-7(4-5)9(12)14-13-8(6)11/h5H,2-4H2,1H3. The van der Waals surface area contributed by atoms with E-state index in [1.54, 1.807) is 6.92 Å². The molecule has 1 aliphatic carbocycles. The Hall–Kier alpha value is -0.870. The molecule has 4 nitrogen and oxygen atoms in total. The lowest BCUT2D eigenvalue weighted by molar-refractivity contribution is -0.147. The molecule has 0 unspecified atom stereocenters. The molecule has 0 atom stereocenters. The van der Waals surface area contributed by atoms with E-state index >= 15 is 0 Å². The van der Waals surface area contributed by atoms with Gasteiger partial charge in [0.15, 0.2) is 10.3 Å². The van der Waals surface area contributed by atoms with Gasteiger partial charge in [-0.25, -0.2) is 0 Å². The SMILES string of the molecule is CCOC(=O)C1Cc2c(Cl)nnc(Cl)c2C1. The first kappa shape index (κ1) is 11.6. The molecule has 1 aromatic heterocycles. The van der Waals surface area contributed by atoms with Crippen molar-refractivity contribution in [3.05, 3.63) is 21.4 Å². The third-order valence-electron chi connectivity index (χ3n) is 2.61. The van der Waals surface area contributed by atoms with Crippen molar-refractivity contribution in [2.24, 2.45) is 5.92 Å². The first-order valence-electron chi connectivity index (χ1n) is 4.99. The first-order valence-corrected chi connectivity index (χ1v) is 5.75. The highest BCUT2D eigenvalue weighted by Gasteiger charge is 2.32. The van der Waals surface area contributed by atoms with Gasteiger partial charge in [0, 0.05) is 0 Å². The van der Waals surface area contributed by atoms with Gasteiger partial charge in [0.1, 0.15) is 0 Å². The van der Waals surface area contributed by atoms with Crippen molar-refractivity contribution in [2.75, 3.05) is 6.61 Å². The first-order chi connectivity index (χ1) is 7.63. The lowest BCUT2D eigenvalue weighted by Crippen LogP contribution is -2.17. The number of ether oxygens (including phenoxy) is 1. The van der Waals surface area contributed by atoms with E-state index in [1.165, 1.54) is 0 Å². The molecule has 1 heterocycles. The maximum absolute atomic E-state index is 11.6.